The van der Waals surface area contributed by atoms with Crippen molar-refractivity contribution in [1.82, 2.24) is 14.2 Å². The van der Waals surface area contributed by atoms with E-state index in [1.807, 2.05) is 0 Å². The van der Waals surface area contributed by atoms with Crippen molar-refractivity contribution in [1.29, 1.82) is 0 Å². The Kier molecular flexibility index (Phi) is 4.51. The van der Waals surface area contributed by atoms with E-state index in [0.29, 0.717) is 11.7 Å². The fourth-order valence-corrected chi connectivity index (χ4v) is 6.63. The maximum Gasteiger partial charge on any atom is 0.434 e. The van der Waals surface area contributed by atoms with Gasteiger partial charge in [0.15, 0.2) is 5.69 Å². The van der Waals surface area contributed by atoms with E-state index in [1.54, 1.807) is 0 Å². The lowest BCUT2D eigenvalue weighted by Gasteiger charge is -2.61. The molecule has 10 heteroatoms. The highest BCUT2D eigenvalue weighted by atomic mass is 32.2. The van der Waals surface area contributed by atoms with Crippen molar-refractivity contribution in [3.63, 3.8) is 0 Å². The fourth-order valence-electron chi connectivity index (χ4n) is 4.81. The lowest BCUT2D eigenvalue weighted by Crippen LogP contribution is -2.74. The third-order valence-electron chi connectivity index (χ3n) is 6.57. The minimum atomic E-state index is -4.80. The summed E-state index contributed by atoms with van der Waals surface area (Å²) in [6.45, 7) is 3.65. The largest absolute Gasteiger partial charge is 0.434 e. The number of ether oxygens (including phenoxy) is 1. The van der Waals surface area contributed by atoms with E-state index in [4.69, 9.17) is 4.74 Å². The first kappa shape index (κ1) is 19.7. The first-order valence-electron chi connectivity index (χ1n) is 10.1. The summed E-state index contributed by atoms with van der Waals surface area (Å²) < 4.78 is 73.1. The Balaban J connectivity index is 1.30. The molecule has 4 fully saturated rings. The fraction of sp³-hybridized carbons (Fsp3) is 0.737. The molecule has 1 saturated carbocycles. The molecule has 0 unspecified atom stereocenters. The summed E-state index contributed by atoms with van der Waals surface area (Å²) in [5.74, 6) is 0.0197. The lowest BCUT2D eigenvalue weighted by atomic mass is 9.73. The van der Waals surface area contributed by atoms with Gasteiger partial charge >= 0.3 is 6.18 Å². The number of pyridine rings is 1. The van der Waals surface area contributed by atoms with Gasteiger partial charge in [0.1, 0.15) is 4.90 Å². The molecule has 0 bridgehead atoms. The van der Waals surface area contributed by atoms with E-state index in [2.05, 4.69) is 9.88 Å². The summed E-state index contributed by atoms with van der Waals surface area (Å²) in [6, 6.07) is 3.00. The number of nitrogens with zero attached hydrogens (tertiary/aromatic N) is 3. The van der Waals surface area contributed by atoms with E-state index in [0.717, 1.165) is 58.1 Å². The molecule has 4 aliphatic rings. The normalized spacial score (nSPS) is 26.3. The molecule has 0 radical (unpaired) electrons. The maximum atomic E-state index is 13.6. The maximum absolute atomic E-state index is 13.6. The molecule has 0 N–H and O–H groups in total. The van der Waals surface area contributed by atoms with Gasteiger partial charge in [-0.15, -0.1) is 0 Å². The molecule has 6 nitrogen and oxygen atoms in total. The van der Waals surface area contributed by atoms with Crippen LogP contribution in [0.2, 0.25) is 0 Å². The standard InChI is InChI=1S/C19H24F3N3O3S/c20-19(21,22)17-16(4-3-15(23-17)13-1-2-13)29(26,27)25-11-18(12-25)9-24(10-18)14-5-7-28-8-6-14/h3-4,13-14H,1-2,5-12H2. The van der Waals surface area contributed by atoms with Gasteiger partial charge < -0.3 is 4.74 Å². The lowest BCUT2D eigenvalue weighted by molar-refractivity contribution is -0.144. The van der Waals surface area contributed by atoms with Crippen molar-refractivity contribution in [2.24, 2.45) is 5.41 Å². The molecular formula is C19H24F3N3O3S. The van der Waals surface area contributed by atoms with Gasteiger partial charge in [0.25, 0.3) is 0 Å². The van der Waals surface area contributed by atoms with Gasteiger partial charge in [-0.05, 0) is 37.8 Å². The highest BCUT2D eigenvalue weighted by Crippen LogP contribution is 2.46. The first-order valence-corrected chi connectivity index (χ1v) is 11.5. The molecule has 1 aromatic rings. The highest BCUT2D eigenvalue weighted by Gasteiger charge is 2.57. The Labute approximate surface area is 168 Å². The van der Waals surface area contributed by atoms with Crippen molar-refractivity contribution in [2.75, 3.05) is 39.4 Å². The van der Waals surface area contributed by atoms with E-state index in [1.165, 1.54) is 10.4 Å². The van der Waals surface area contributed by atoms with Gasteiger partial charge in [0.05, 0.1) is 0 Å². The van der Waals surface area contributed by atoms with Crippen molar-refractivity contribution >= 4 is 10.0 Å². The topological polar surface area (TPSA) is 62.7 Å². The summed E-state index contributed by atoms with van der Waals surface area (Å²) >= 11 is 0. The van der Waals surface area contributed by atoms with Gasteiger partial charge in [-0.2, -0.15) is 17.5 Å². The van der Waals surface area contributed by atoms with Gasteiger partial charge in [0, 0.05) is 62.5 Å². The third-order valence-corrected chi connectivity index (χ3v) is 8.39. The molecular weight excluding hydrogens is 407 g/mol. The van der Waals surface area contributed by atoms with Gasteiger partial charge in [0.2, 0.25) is 10.0 Å². The zero-order valence-corrected chi connectivity index (χ0v) is 16.8. The van der Waals surface area contributed by atoms with Crippen molar-refractivity contribution in [3.8, 4) is 0 Å². The predicted octanol–water partition coefficient (Wildman–Crippen LogP) is 2.46. The first-order chi connectivity index (χ1) is 13.7. The van der Waals surface area contributed by atoms with Crippen LogP contribution in [0.25, 0.3) is 0 Å². The van der Waals surface area contributed by atoms with Gasteiger partial charge in [-0.1, -0.05) is 0 Å². The van der Waals surface area contributed by atoms with Crippen LogP contribution in [-0.4, -0.2) is 68.0 Å². The second-order valence-corrected chi connectivity index (χ2v) is 10.8. The zero-order valence-electron chi connectivity index (χ0n) is 16.0. The molecule has 0 atom stereocenters. The van der Waals surface area contributed by atoms with Crippen LogP contribution < -0.4 is 0 Å². The van der Waals surface area contributed by atoms with Gasteiger partial charge in [-0.25, -0.2) is 13.4 Å². The quantitative estimate of drug-likeness (QED) is 0.733. The van der Waals surface area contributed by atoms with E-state index < -0.39 is 26.8 Å². The molecule has 4 heterocycles. The Bertz CT molecular complexity index is 897. The Morgan fingerprint density at radius 3 is 2.28 bits per heavy atom. The predicted molar refractivity (Wildman–Crippen MR) is 97.8 cm³/mol. The van der Waals surface area contributed by atoms with Crippen LogP contribution in [0.15, 0.2) is 17.0 Å². The SMILES string of the molecule is O=S(=O)(c1ccc(C2CC2)nc1C(F)(F)F)N1CC2(CN(C3CCOCC3)C2)C1. The van der Waals surface area contributed by atoms with Crippen LogP contribution in [0.4, 0.5) is 13.2 Å². The number of likely N-dealkylation sites (tertiary alicyclic amines) is 1. The number of aromatic nitrogens is 1. The van der Waals surface area contributed by atoms with Gasteiger partial charge in [-0.3, -0.25) is 4.90 Å². The average Bonchev–Trinajstić information content (AvgIpc) is 3.44. The monoisotopic (exact) mass is 431 g/mol. The number of sulfonamides is 1. The summed E-state index contributed by atoms with van der Waals surface area (Å²) in [5, 5.41) is 0. The highest BCUT2D eigenvalue weighted by molar-refractivity contribution is 7.89. The average molecular weight is 431 g/mol. The smallest absolute Gasteiger partial charge is 0.381 e. The molecule has 29 heavy (non-hydrogen) atoms. The van der Waals surface area contributed by atoms with E-state index >= 15 is 0 Å². The minimum absolute atomic E-state index is 0.0197. The number of hydrogen-bond acceptors (Lipinski definition) is 5. The molecule has 0 aromatic carbocycles. The van der Waals surface area contributed by atoms with Crippen molar-refractivity contribution < 1.29 is 26.3 Å². The van der Waals surface area contributed by atoms with E-state index in [9.17, 15) is 21.6 Å². The van der Waals surface area contributed by atoms with Crippen LogP contribution in [0.5, 0.6) is 0 Å². The molecule has 160 valence electrons. The second-order valence-electron chi connectivity index (χ2n) is 8.88. The Hall–Kier alpha value is -1.23. The zero-order chi connectivity index (χ0) is 20.4. The van der Waals surface area contributed by atoms with E-state index in [-0.39, 0.29) is 24.4 Å². The van der Waals surface area contributed by atoms with Crippen molar-refractivity contribution in [3.05, 3.63) is 23.5 Å². The summed E-state index contributed by atoms with van der Waals surface area (Å²) in [4.78, 5) is 5.33. The number of rotatable bonds is 4. The number of alkyl halides is 3. The van der Waals surface area contributed by atoms with Crippen LogP contribution in [-0.2, 0) is 20.9 Å². The second kappa shape index (κ2) is 6.63. The number of halogens is 3. The minimum Gasteiger partial charge on any atom is -0.381 e. The Morgan fingerprint density at radius 1 is 1.03 bits per heavy atom. The number of hydrogen-bond donors (Lipinski definition) is 0. The van der Waals surface area contributed by atoms with Crippen molar-refractivity contribution in [2.45, 2.75) is 48.7 Å². The van der Waals surface area contributed by atoms with Crippen LogP contribution in [0.1, 0.15) is 43.0 Å². The molecule has 3 aliphatic heterocycles. The molecule has 1 spiro atoms. The molecule has 3 saturated heterocycles. The van der Waals surface area contributed by atoms with Crippen LogP contribution in [0.3, 0.4) is 0 Å². The molecule has 0 amide bonds. The third kappa shape index (κ3) is 3.47. The molecule has 1 aliphatic carbocycles. The summed E-state index contributed by atoms with van der Waals surface area (Å²) in [6.07, 6.45) is -1.24. The molecule has 5 rings (SSSR count). The Morgan fingerprint density at radius 2 is 1.69 bits per heavy atom. The van der Waals surface area contributed by atoms with Crippen LogP contribution >= 0.6 is 0 Å². The summed E-state index contributed by atoms with van der Waals surface area (Å²) in [5.41, 5.74) is -1.06. The summed E-state index contributed by atoms with van der Waals surface area (Å²) in [7, 11) is -4.22. The molecule has 1 aromatic heterocycles. The van der Waals surface area contributed by atoms with Crippen LogP contribution in [0, 0.1) is 5.41 Å².